The number of carbonyl (C=O) groups excluding carboxylic acids is 2. The van der Waals surface area contributed by atoms with E-state index in [2.05, 4.69) is 67.0 Å². The highest BCUT2D eigenvalue weighted by Gasteiger charge is 2.28. The molecule has 0 rings (SSSR count). The number of allylic oxidation sites excluding steroid dienone is 8. The van der Waals surface area contributed by atoms with Gasteiger partial charge in [0.25, 0.3) is 0 Å². The Balaban J connectivity index is 4.28. The van der Waals surface area contributed by atoms with Gasteiger partial charge in [-0.25, -0.2) is 4.57 Å². The number of hydrogen-bond donors (Lipinski definition) is 3. The summed E-state index contributed by atoms with van der Waals surface area (Å²) in [6, 6.07) is -1.53. The Morgan fingerprint density at radius 1 is 0.484 bits per heavy atom. The predicted octanol–water partition coefficient (Wildman–Crippen LogP) is 14.5. The fraction of sp³-hybridized carbons (Fsp3) is 0.788. The van der Waals surface area contributed by atoms with Crippen LogP contribution in [-0.2, 0) is 37.5 Å². The maximum absolute atomic E-state index is 12.7. The zero-order valence-electron chi connectivity index (χ0n) is 40.6. The fourth-order valence-electron chi connectivity index (χ4n) is 7.05. The predicted molar refractivity (Wildman–Crippen MR) is 263 cm³/mol. The summed E-state index contributed by atoms with van der Waals surface area (Å²) in [6.07, 6.45) is 54.6. The van der Waals surface area contributed by atoms with E-state index in [-0.39, 0.29) is 19.4 Å². The molecule has 0 saturated heterocycles. The van der Waals surface area contributed by atoms with Crippen molar-refractivity contribution in [2.45, 2.75) is 244 Å². The summed E-state index contributed by atoms with van der Waals surface area (Å²) in [6.45, 7) is 2.78. The second-order valence-electron chi connectivity index (χ2n) is 17.3. The van der Waals surface area contributed by atoms with Crippen molar-refractivity contribution in [3.63, 3.8) is 0 Å². The number of rotatable bonds is 48. The standard InChI is InChI=1S/C52H94NO10P/c1-3-5-7-9-11-13-15-17-19-21-23-24-26-27-29-31-33-35-37-39-41-43-50(54)60-45-48(46-61-64(58,59)62-47-49(53)52(56)57)63-51(55)44-42-40-38-36-34-32-30-28-25-22-20-18-16-14-12-10-8-6-4-2/h12,14,18,20,25,28,32,34,48-49H,3-11,13,15-17,19,21-24,26-27,29-31,33,35-47,53H2,1-2H3,(H,56,57)(H,58,59)/b14-12-,20-18-,28-25-,34-32-/t48-,49+/m1/s1. The first-order valence-corrected chi connectivity index (χ1v) is 27.2. The molecule has 372 valence electrons. The molecule has 64 heavy (non-hydrogen) atoms. The van der Waals surface area contributed by atoms with Gasteiger partial charge in [-0.15, -0.1) is 0 Å². The summed E-state index contributed by atoms with van der Waals surface area (Å²) in [7, 11) is -4.73. The molecule has 1 unspecified atom stereocenters. The molecule has 12 heteroatoms. The maximum Gasteiger partial charge on any atom is 0.472 e. The molecule has 0 heterocycles. The molecular formula is C52H94NO10P. The lowest BCUT2D eigenvalue weighted by molar-refractivity contribution is -0.161. The van der Waals surface area contributed by atoms with E-state index in [0.717, 1.165) is 57.8 Å². The summed E-state index contributed by atoms with van der Waals surface area (Å²) in [5, 5.41) is 8.92. The lowest BCUT2D eigenvalue weighted by atomic mass is 10.0. The summed E-state index contributed by atoms with van der Waals surface area (Å²) >= 11 is 0. The largest absolute Gasteiger partial charge is 0.480 e. The Morgan fingerprint density at radius 2 is 0.828 bits per heavy atom. The number of esters is 2. The third kappa shape index (κ3) is 46.0. The molecule has 0 amide bonds. The second kappa shape index (κ2) is 47.0. The van der Waals surface area contributed by atoms with Gasteiger partial charge in [0.1, 0.15) is 12.6 Å². The lowest BCUT2D eigenvalue weighted by Crippen LogP contribution is -2.34. The van der Waals surface area contributed by atoms with Crippen molar-refractivity contribution in [1.82, 2.24) is 0 Å². The molecule has 0 radical (unpaired) electrons. The Kier molecular flexibility index (Phi) is 45.1. The minimum Gasteiger partial charge on any atom is -0.480 e. The molecule has 0 aromatic heterocycles. The number of phosphoric ester groups is 1. The first-order chi connectivity index (χ1) is 31.1. The van der Waals surface area contributed by atoms with E-state index >= 15 is 0 Å². The van der Waals surface area contributed by atoms with Crippen molar-refractivity contribution >= 4 is 25.7 Å². The molecule has 0 aliphatic heterocycles. The van der Waals surface area contributed by atoms with Crippen molar-refractivity contribution < 1.29 is 47.5 Å². The number of ether oxygens (including phenoxy) is 2. The first-order valence-electron chi connectivity index (χ1n) is 25.7. The molecule has 0 aliphatic carbocycles. The van der Waals surface area contributed by atoms with Crippen LogP contribution in [0.2, 0.25) is 0 Å². The summed E-state index contributed by atoms with van der Waals surface area (Å²) in [5.74, 6) is -2.41. The number of nitrogens with two attached hydrogens (primary N) is 1. The molecule has 4 N–H and O–H groups in total. The Morgan fingerprint density at radius 3 is 1.27 bits per heavy atom. The van der Waals surface area contributed by atoms with Gasteiger partial charge < -0.3 is 25.2 Å². The highest BCUT2D eigenvalue weighted by Crippen LogP contribution is 2.43. The number of unbranched alkanes of at least 4 members (excludes halogenated alkanes) is 26. The Labute approximate surface area is 390 Å². The van der Waals surface area contributed by atoms with Crippen LogP contribution in [-0.4, -0.2) is 59.9 Å². The van der Waals surface area contributed by atoms with Crippen LogP contribution in [0.3, 0.4) is 0 Å². The number of carboxylic acids is 1. The lowest BCUT2D eigenvalue weighted by Gasteiger charge is -2.20. The molecule has 0 saturated carbocycles. The highest BCUT2D eigenvalue weighted by atomic mass is 31.2. The van der Waals surface area contributed by atoms with Crippen LogP contribution in [0.4, 0.5) is 0 Å². The first kappa shape index (κ1) is 61.4. The number of phosphoric acid groups is 1. The summed E-state index contributed by atoms with van der Waals surface area (Å²) in [5.41, 5.74) is 5.35. The van der Waals surface area contributed by atoms with E-state index in [1.54, 1.807) is 0 Å². The molecule has 0 aliphatic rings. The average molecular weight is 924 g/mol. The molecule has 0 aromatic rings. The van der Waals surface area contributed by atoms with Crippen molar-refractivity contribution in [2.24, 2.45) is 5.73 Å². The van der Waals surface area contributed by atoms with E-state index < -0.39 is 51.1 Å². The van der Waals surface area contributed by atoms with E-state index in [1.807, 2.05) is 0 Å². The van der Waals surface area contributed by atoms with Crippen molar-refractivity contribution in [1.29, 1.82) is 0 Å². The summed E-state index contributed by atoms with van der Waals surface area (Å²) < 4.78 is 32.8. The van der Waals surface area contributed by atoms with Crippen LogP contribution in [0.1, 0.15) is 232 Å². The minimum atomic E-state index is -4.73. The number of hydrogen-bond acceptors (Lipinski definition) is 9. The van der Waals surface area contributed by atoms with Gasteiger partial charge in [0.05, 0.1) is 13.2 Å². The van der Waals surface area contributed by atoms with Crippen molar-refractivity contribution in [3.05, 3.63) is 48.6 Å². The minimum absolute atomic E-state index is 0.124. The fourth-order valence-corrected chi connectivity index (χ4v) is 7.83. The SMILES string of the molecule is CCCCC/C=C\C/C=C\C/C=C\C/C=C\CCCCCC(=O)O[C@H](COC(=O)CCCCCCCCCCCCCCCCCCCCCCC)COP(=O)(O)OC[C@H](N)C(=O)O. The molecule has 0 aromatic carbocycles. The normalized spacial score (nSPS) is 13.9. The highest BCUT2D eigenvalue weighted by molar-refractivity contribution is 7.47. The van der Waals surface area contributed by atoms with Crippen molar-refractivity contribution in [3.8, 4) is 0 Å². The zero-order valence-corrected chi connectivity index (χ0v) is 41.5. The topological polar surface area (TPSA) is 172 Å². The molecule has 11 nitrogen and oxygen atoms in total. The monoisotopic (exact) mass is 924 g/mol. The Bertz CT molecular complexity index is 1270. The molecule has 0 bridgehead atoms. The third-order valence-electron chi connectivity index (χ3n) is 11.1. The molecule has 3 atom stereocenters. The summed E-state index contributed by atoms with van der Waals surface area (Å²) in [4.78, 5) is 46.2. The van der Waals surface area contributed by atoms with Gasteiger partial charge in [-0.3, -0.25) is 23.4 Å². The van der Waals surface area contributed by atoms with Crippen LogP contribution in [0.25, 0.3) is 0 Å². The zero-order chi connectivity index (χ0) is 47.0. The third-order valence-corrected chi connectivity index (χ3v) is 12.0. The van der Waals surface area contributed by atoms with Gasteiger partial charge in [-0.2, -0.15) is 0 Å². The van der Waals surface area contributed by atoms with E-state index in [9.17, 15) is 23.8 Å². The molecule has 0 fully saturated rings. The van der Waals surface area contributed by atoms with Gasteiger partial charge >= 0.3 is 25.7 Å². The molecular weight excluding hydrogens is 830 g/mol. The van der Waals surface area contributed by atoms with E-state index in [0.29, 0.717) is 12.8 Å². The number of carbonyl (C=O) groups is 3. The van der Waals surface area contributed by atoms with Gasteiger partial charge in [-0.1, -0.05) is 210 Å². The van der Waals surface area contributed by atoms with Gasteiger partial charge in [0.2, 0.25) is 0 Å². The van der Waals surface area contributed by atoms with Crippen LogP contribution >= 0.6 is 7.82 Å². The smallest absolute Gasteiger partial charge is 0.472 e. The van der Waals surface area contributed by atoms with E-state index in [1.165, 1.54) is 135 Å². The quantitative estimate of drug-likeness (QED) is 0.0229. The van der Waals surface area contributed by atoms with Crippen LogP contribution in [0.5, 0.6) is 0 Å². The van der Waals surface area contributed by atoms with E-state index in [4.69, 9.17) is 24.8 Å². The molecule has 0 spiro atoms. The van der Waals surface area contributed by atoms with Crippen LogP contribution in [0, 0.1) is 0 Å². The average Bonchev–Trinajstić information content (AvgIpc) is 3.27. The van der Waals surface area contributed by atoms with Gasteiger partial charge in [0, 0.05) is 12.8 Å². The van der Waals surface area contributed by atoms with Crippen LogP contribution in [0.15, 0.2) is 48.6 Å². The van der Waals surface area contributed by atoms with Gasteiger partial charge in [0.15, 0.2) is 6.10 Å². The Hall–Kier alpha value is -2.56. The second-order valence-corrected chi connectivity index (χ2v) is 18.8. The van der Waals surface area contributed by atoms with Crippen LogP contribution < -0.4 is 5.73 Å². The van der Waals surface area contributed by atoms with Crippen molar-refractivity contribution in [2.75, 3.05) is 19.8 Å². The van der Waals surface area contributed by atoms with Gasteiger partial charge in [-0.05, 0) is 57.8 Å². The number of aliphatic carboxylic acids is 1. The number of carboxylic acid groups (broad SMARTS) is 1. The maximum atomic E-state index is 12.7.